The normalized spacial score (nSPS) is 14.6. The Morgan fingerprint density at radius 3 is 2.19 bits per heavy atom. The predicted octanol–water partition coefficient (Wildman–Crippen LogP) is 6.49. The fraction of sp³-hybridized carbons (Fsp3) is 0.375. The van der Waals surface area contributed by atoms with E-state index in [0.29, 0.717) is 17.9 Å². The highest BCUT2D eigenvalue weighted by atomic mass is 35.5. The van der Waals surface area contributed by atoms with Gasteiger partial charge in [0.15, 0.2) is 0 Å². The third kappa shape index (κ3) is 8.06. The molecule has 3 aromatic carbocycles. The van der Waals surface area contributed by atoms with Crippen LogP contribution in [0, 0.1) is 0 Å². The van der Waals surface area contributed by atoms with E-state index in [1.165, 1.54) is 35.2 Å². The molecular formula is C32H37Cl2N3O4S. The molecule has 1 N–H and O–H groups in total. The Balaban J connectivity index is 1.68. The van der Waals surface area contributed by atoms with Crippen molar-refractivity contribution in [2.24, 2.45) is 0 Å². The number of carbonyl (C=O) groups is 2. The summed E-state index contributed by atoms with van der Waals surface area (Å²) in [5, 5.41) is 3.59. The first-order valence-electron chi connectivity index (χ1n) is 14.4. The lowest BCUT2D eigenvalue weighted by Gasteiger charge is -2.34. The van der Waals surface area contributed by atoms with Gasteiger partial charge >= 0.3 is 0 Å². The molecule has 1 atom stereocenters. The fourth-order valence-electron chi connectivity index (χ4n) is 5.36. The summed E-state index contributed by atoms with van der Waals surface area (Å²) in [7, 11) is -4.20. The van der Waals surface area contributed by atoms with Crippen molar-refractivity contribution in [1.82, 2.24) is 10.2 Å². The molecule has 0 aliphatic heterocycles. The minimum atomic E-state index is -4.20. The molecule has 1 saturated carbocycles. The third-order valence-corrected chi connectivity index (χ3v) is 9.92. The quantitative estimate of drug-likeness (QED) is 0.248. The molecule has 1 unspecified atom stereocenters. The highest BCUT2D eigenvalue weighted by Gasteiger charge is 2.34. The van der Waals surface area contributed by atoms with Gasteiger partial charge in [-0.05, 0) is 61.6 Å². The first kappa shape index (κ1) is 31.9. The molecule has 224 valence electrons. The van der Waals surface area contributed by atoms with Gasteiger partial charge in [0.05, 0.1) is 15.6 Å². The molecule has 1 fully saturated rings. The van der Waals surface area contributed by atoms with E-state index in [-0.39, 0.29) is 34.1 Å². The van der Waals surface area contributed by atoms with Crippen LogP contribution in [0.25, 0.3) is 0 Å². The Hall–Kier alpha value is -3.07. The summed E-state index contributed by atoms with van der Waals surface area (Å²) < 4.78 is 28.9. The van der Waals surface area contributed by atoms with Crippen molar-refractivity contribution in [3.63, 3.8) is 0 Å². The largest absolute Gasteiger partial charge is 0.352 e. The monoisotopic (exact) mass is 629 g/mol. The van der Waals surface area contributed by atoms with Crippen LogP contribution >= 0.6 is 23.2 Å². The second-order valence-electron chi connectivity index (χ2n) is 10.5. The number of anilines is 1. The molecular weight excluding hydrogens is 593 g/mol. The molecule has 0 bridgehead atoms. The number of carbonyl (C=O) groups excluding carboxylic acids is 2. The summed E-state index contributed by atoms with van der Waals surface area (Å²) >= 11 is 12.6. The van der Waals surface area contributed by atoms with E-state index in [1.807, 2.05) is 37.3 Å². The van der Waals surface area contributed by atoms with Crippen LogP contribution in [-0.4, -0.2) is 50.3 Å². The minimum absolute atomic E-state index is 0.0155. The summed E-state index contributed by atoms with van der Waals surface area (Å²) in [5.74, 6) is -0.713. The van der Waals surface area contributed by atoms with Crippen molar-refractivity contribution in [2.45, 2.75) is 68.8 Å². The summed E-state index contributed by atoms with van der Waals surface area (Å²) in [4.78, 5) is 29.3. The van der Waals surface area contributed by atoms with Crippen LogP contribution in [0.1, 0.15) is 51.0 Å². The number of amides is 2. The van der Waals surface area contributed by atoms with Gasteiger partial charge in [-0.1, -0.05) is 97.9 Å². The van der Waals surface area contributed by atoms with Crippen LogP contribution in [0.15, 0.2) is 83.8 Å². The molecule has 2 amide bonds. The number of rotatable bonds is 12. The standard InChI is InChI=1S/C32H37Cl2N3O4S/c1-2-29(32(39)35-26-14-8-4-9-15-26)36(21-20-24-12-6-3-7-13-24)31(38)23-37(30-19-18-25(33)22-28(30)34)42(40,41)27-16-10-5-11-17-27/h3,5-7,10-13,16-19,22,26,29H,2,4,8-9,14-15,20-21,23H2,1H3,(H,35,39). The van der Waals surface area contributed by atoms with Crippen LogP contribution in [0.5, 0.6) is 0 Å². The Bertz CT molecular complexity index is 1450. The van der Waals surface area contributed by atoms with Gasteiger partial charge in [-0.15, -0.1) is 0 Å². The molecule has 3 aromatic rings. The Morgan fingerprint density at radius 2 is 1.57 bits per heavy atom. The SMILES string of the molecule is CCC(C(=O)NC1CCCCC1)N(CCc1ccccc1)C(=O)CN(c1ccc(Cl)cc1Cl)S(=O)(=O)c1ccccc1. The summed E-state index contributed by atoms with van der Waals surface area (Å²) in [6.45, 7) is 1.57. The van der Waals surface area contributed by atoms with Gasteiger partial charge in [0.1, 0.15) is 12.6 Å². The van der Waals surface area contributed by atoms with E-state index in [0.717, 1.165) is 42.0 Å². The Labute approximate surface area is 258 Å². The Morgan fingerprint density at radius 1 is 0.929 bits per heavy atom. The van der Waals surface area contributed by atoms with Crippen molar-refractivity contribution >= 4 is 50.7 Å². The van der Waals surface area contributed by atoms with E-state index in [4.69, 9.17) is 23.2 Å². The zero-order valence-corrected chi connectivity index (χ0v) is 26.0. The van der Waals surface area contributed by atoms with Crippen LogP contribution in [-0.2, 0) is 26.0 Å². The Kier molecular flexibility index (Phi) is 11.3. The number of hydrogen-bond donors (Lipinski definition) is 1. The van der Waals surface area contributed by atoms with Crippen molar-refractivity contribution in [3.8, 4) is 0 Å². The molecule has 1 aliphatic carbocycles. The van der Waals surface area contributed by atoms with Gasteiger partial charge in [-0.25, -0.2) is 8.42 Å². The van der Waals surface area contributed by atoms with Gasteiger partial charge in [-0.3, -0.25) is 13.9 Å². The zero-order valence-electron chi connectivity index (χ0n) is 23.7. The van der Waals surface area contributed by atoms with Crippen LogP contribution in [0.3, 0.4) is 0 Å². The molecule has 10 heteroatoms. The fourth-order valence-corrected chi connectivity index (χ4v) is 7.37. The smallest absolute Gasteiger partial charge is 0.264 e. The molecule has 0 aromatic heterocycles. The summed E-state index contributed by atoms with van der Waals surface area (Å²) in [6.07, 6.45) is 6.00. The first-order chi connectivity index (χ1) is 20.2. The van der Waals surface area contributed by atoms with E-state index >= 15 is 0 Å². The first-order valence-corrected chi connectivity index (χ1v) is 16.6. The number of nitrogens with one attached hydrogen (secondary N) is 1. The van der Waals surface area contributed by atoms with Gasteiger partial charge in [0, 0.05) is 17.6 Å². The average molecular weight is 631 g/mol. The minimum Gasteiger partial charge on any atom is -0.352 e. The lowest BCUT2D eigenvalue weighted by molar-refractivity contribution is -0.140. The number of nitrogens with zero attached hydrogens (tertiary/aromatic N) is 2. The molecule has 0 heterocycles. The number of benzene rings is 3. The molecule has 42 heavy (non-hydrogen) atoms. The van der Waals surface area contributed by atoms with Gasteiger partial charge in [-0.2, -0.15) is 0 Å². The van der Waals surface area contributed by atoms with Crippen molar-refractivity contribution < 1.29 is 18.0 Å². The van der Waals surface area contributed by atoms with Crippen molar-refractivity contribution in [3.05, 3.63) is 94.5 Å². The van der Waals surface area contributed by atoms with Crippen LogP contribution in [0.2, 0.25) is 10.0 Å². The van der Waals surface area contributed by atoms with E-state index < -0.39 is 28.5 Å². The predicted molar refractivity (Wildman–Crippen MR) is 168 cm³/mol. The maximum atomic E-state index is 14.2. The van der Waals surface area contributed by atoms with E-state index in [2.05, 4.69) is 5.32 Å². The van der Waals surface area contributed by atoms with Crippen LogP contribution < -0.4 is 9.62 Å². The average Bonchev–Trinajstić information content (AvgIpc) is 2.99. The maximum Gasteiger partial charge on any atom is 0.264 e. The second kappa shape index (κ2) is 14.9. The van der Waals surface area contributed by atoms with Crippen molar-refractivity contribution in [1.29, 1.82) is 0 Å². The van der Waals surface area contributed by atoms with E-state index in [1.54, 1.807) is 18.2 Å². The van der Waals surface area contributed by atoms with E-state index in [9.17, 15) is 18.0 Å². The number of sulfonamides is 1. The topological polar surface area (TPSA) is 86.8 Å². The van der Waals surface area contributed by atoms with Crippen molar-refractivity contribution in [2.75, 3.05) is 17.4 Å². The number of hydrogen-bond acceptors (Lipinski definition) is 4. The van der Waals surface area contributed by atoms with Crippen LogP contribution in [0.4, 0.5) is 5.69 Å². The highest BCUT2D eigenvalue weighted by molar-refractivity contribution is 7.92. The lowest BCUT2D eigenvalue weighted by atomic mass is 9.95. The molecule has 1 aliphatic rings. The molecule has 7 nitrogen and oxygen atoms in total. The zero-order chi connectivity index (χ0) is 30.1. The van der Waals surface area contributed by atoms with Gasteiger partial charge in [0.2, 0.25) is 11.8 Å². The molecule has 0 saturated heterocycles. The third-order valence-electron chi connectivity index (χ3n) is 7.61. The second-order valence-corrected chi connectivity index (χ2v) is 13.2. The maximum absolute atomic E-state index is 14.2. The molecule has 0 radical (unpaired) electrons. The number of halogens is 2. The summed E-state index contributed by atoms with van der Waals surface area (Å²) in [5.41, 5.74) is 1.13. The summed E-state index contributed by atoms with van der Waals surface area (Å²) in [6, 6.07) is 21.3. The van der Waals surface area contributed by atoms with Gasteiger partial charge in [0.25, 0.3) is 10.0 Å². The lowest BCUT2D eigenvalue weighted by Crippen LogP contribution is -2.54. The highest BCUT2D eigenvalue weighted by Crippen LogP contribution is 2.33. The molecule has 4 rings (SSSR count). The van der Waals surface area contributed by atoms with Gasteiger partial charge < -0.3 is 10.2 Å². The molecule has 0 spiro atoms.